The van der Waals surface area contributed by atoms with Crippen LogP contribution in [0.15, 0.2) is 0 Å². The van der Waals surface area contributed by atoms with Gasteiger partial charge < -0.3 is 14.0 Å². The highest BCUT2D eigenvalue weighted by atomic mass is 16.5. The molecule has 1 heterocycles. The van der Waals surface area contributed by atoms with Gasteiger partial charge in [-0.3, -0.25) is 0 Å². The lowest BCUT2D eigenvalue weighted by atomic mass is 10.3. The normalized spacial score (nSPS) is 15.9. The predicted molar refractivity (Wildman–Crippen MR) is 68.9 cm³/mol. The van der Waals surface area contributed by atoms with Crippen molar-refractivity contribution >= 4 is 5.97 Å². The minimum Gasteiger partial charge on any atom is -0.460 e. The van der Waals surface area contributed by atoms with Crippen molar-refractivity contribution in [3.05, 3.63) is 11.6 Å². The van der Waals surface area contributed by atoms with Gasteiger partial charge in [0.2, 0.25) is 5.82 Å². The van der Waals surface area contributed by atoms with Crippen LogP contribution in [-0.4, -0.2) is 40.1 Å². The minimum absolute atomic E-state index is 0.259. The lowest BCUT2D eigenvalue weighted by Gasteiger charge is -2.12. The fourth-order valence-corrected chi connectivity index (χ4v) is 2.36. The lowest BCUT2D eigenvalue weighted by Crippen LogP contribution is -2.19. The van der Waals surface area contributed by atoms with Gasteiger partial charge in [0.25, 0.3) is 0 Å². The first-order chi connectivity index (χ1) is 9.22. The average molecular weight is 267 g/mol. The third kappa shape index (κ3) is 3.53. The Morgan fingerprint density at radius 2 is 2.11 bits per heavy atom. The molecule has 1 aliphatic carbocycles. The number of hydrogen-bond donors (Lipinski definition) is 0. The number of ether oxygens (including phenoxy) is 2. The summed E-state index contributed by atoms with van der Waals surface area (Å²) in [5.41, 5.74) is 0. The Morgan fingerprint density at radius 3 is 2.79 bits per heavy atom. The number of esters is 1. The van der Waals surface area contributed by atoms with E-state index in [0.717, 1.165) is 12.8 Å². The maximum absolute atomic E-state index is 11.7. The quantitative estimate of drug-likeness (QED) is 0.734. The molecule has 19 heavy (non-hydrogen) atoms. The fraction of sp³-hybridized carbons (Fsp3) is 0.769. The molecule has 6 heteroatoms. The number of rotatable bonds is 6. The summed E-state index contributed by atoms with van der Waals surface area (Å²) < 4.78 is 12.5. The van der Waals surface area contributed by atoms with E-state index in [1.165, 1.54) is 12.8 Å². The number of nitrogens with zero attached hydrogens (tertiary/aromatic N) is 3. The number of hydrogen-bond acceptors (Lipinski definition) is 5. The molecule has 0 aromatic carbocycles. The zero-order valence-corrected chi connectivity index (χ0v) is 11.6. The molecule has 0 radical (unpaired) electrons. The molecular formula is C13H21N3O3. The first-order valence-corrected chi connectivity index (χ1v) is 6.91. The van der Waals surface area contributed by atoms with Crippen LogP contribution in [0.25, 0.3) is 0 Å². The summed E-state index contributed by atoms with van der Waals surface area (Å²) in [7, 11) is 0. The van der Waals surface area contributed by atoms with Crippen molar-refractivity contribution in [3.8, 4) is 0 Å². The molecule has 1 saturated carbocycles. The third-order valence-electron chi connectivity index (χ3n) is 3.36. The zero-order valence-electron chi connectivity index (χ0n) is 11.6. The second kappa shape index (κ2) is 6.65. The highest BCUT2D eigenvalue weighted by molar-refractivity contribution is 5.85. The van der Waals surface area contributed by atoms with E-state index in [-0.39, 0.29) is 5.82 Å². The van der Waals surface area contributed by atoms with E-state index in [4.69, 9.17) is 9.47 Å². The molecule has 0 aliphatic heterocycles. The van der Waals surface area contributed by atoms with Crippen molar-refractivity contribution in [1.82, 2.24) is 14.8 Å². The maximum atomic E-state index is 11.7. The maximum Gasteiger partial charge on any atom is 0.376 e. The summed E-state index contributed by atoms with van der Waals surface area (Å²) in [4.78, 5) is 11.7. The topological polar surface area (TPSA) is 66.2 Å². The average Bonchev–Trinajstić information content (AvgIpc) is 3.01. The second-order valence-electron chi connectivity index (χ2n) is 4.72. The summed E-state index contributed by atoms with van der Waals surface area (Å²) in [5, 5.41) is 7.79. The molecule has 0 amide bonds. The van der Waals surface area contributed by atoms with Crippen LogP contribution in [-0.2, 0) is 16.0 Å². The smallest absolute Gasteiger partial charge is 0.376 e. The van der Waals surface area contributed by atoms with Crippen molar-refractivity contribution < 1.29 is 14.3 Å². The van der Waals surface area contributed by atoms with E-state index in [1.807, 2.05) is 6.92 Å². The first-order valence-electron chi connectivity index (χ1n) is 6.91. The van der Waals surface area contributed by atoms with Gasteiger partial charge in [-0.15, -0.1) is 10.2 Å². The van der Waals surface area contributed by atoms with Crippen LogP contribution in [0.2, 0.25) is 0 Å². The summed E-state index contributed by atoms with van der Waals surface area (Å²) in [6, 6.07) is 0. The van der Waals surface area contributed by atoms with Crippen LogP contribution in [0.3, 0.4) is 0 Å². The summed E-state index contributed by atoms with van der Waals surface area (Å²) in [6.45, 7) is 5.10. The lowest BCUT2D eigenvalue weighted by molar-refractivity contribution is 0.0460. The standard InChI is InChI=1S/C13H21N3O3/c1-3-18-13(17)12-15-14-10(2)16(12)8-9-19-11-6-4-5-7-11/h11H,3-9H2,1-2H3. The van der Waals surface area contributed by atoms with Crippen molar-refractivity contribution in [2.75, 3.05) is 13.2 Å². The third-order valence-corrected chi connectivity index (χ3v) is 3.36. The molecule has 1 aliphatic rings. The van der Waals surface area contributed by atoms with Crippen molar-refractivity contribution in [1.29, 1.82) is 0 Å². The monoisotopic (exact) mass is 267 g/mol. The molecule has 0 spiro atoms. The van der Waals surface area contributed by atoms with E-state index in [0.29, 0.717) is 31.7 Å². The SMILES string of the molecule is CCOC(=O)c1nnc(C)n1CCOC1CCCC1. The van der Waals surface area contributed by atoms with Gasteiger partial charge >= 0.3 is 5.97 Å². The number of carbonyl (C=O) groups is 1. The molecule has 1 aromatic rings. The Labute approximate surface area is 113 Å². The van der Waals surface area contributed by atoms with Gasteiger partial charge in [0.1, 0.15) is 5.82 Å². The second-order valence-corrected chi connectivity index (χ2v) is 4.72. The van der Waals surface area contributed by atoms with Crippen LogP contribution in [0, 0.1) is 6.92 Å². The molecule has 0 unspecified atom stereocenters. The fourth-order valence-electron chi connectivity index (χ4n) is 2.36. The molecule has 1 aromatic heterocycles. The minimum atomic E-state index is -0.427. The van der Waals surface area contributed by atoms with Gasteiger partial charge in [0.15, 0.2) is 0 Å². The van der Waals surface area contributed by atoms with Crippen molar-refractivity contribution in [3.63, 3.8) is 0 Å². The van der Waals surface area contributed by atoms with Gasteiger partial charge in [-0.05, 0) is 26.7 Å². The van der Waals surface area contributed by atoms with Crippen LogP contribution >= 0.6 is 0 Å². The van der Waals surface area contributed by atoms with E-state index < -0.39 is 5.97 Å². The van der Waals surface area contributed by atoms with Gasteiger partial charge in [-0.2, -0.15) is 0 Å². The summed E-state index contributed by atoms with van der Waals surface area (Å²) in [5.74, 6) is 0.538. The predicted octanol–water partition coefficient (Wildman–Crippen LogP) is 1.72. The molecule has 1 fully saturated rings. The van der Waals surface area contributed by atoms with E-state index >= 15 is 0 Å². The van der Waals surface area contributed by atoms with Gasteiger partial charge in [0, 0.05) is 6.54 Å². The van der Waals surface area contributed by atoms with Crippen LogP contribution < -0.4 is 0 Å². The van der Waals surface area contributed by atoms with Crippen LogP contribution in [0.4, 0.5) is 0 Å². The van der Waals surface area contributed by atoms with E-state index in [2.05, 4.69) is 10.2 Å². The number of aryl methyl sites for hydroxylation is 1. The molecule has 0 bridgehead atoms. The molecule has 0 atom stereocenters. The van der Waals surface area contributed by atoms with E-state index in [1.54, 1.807) is 11.5 Å². The van der Waals surface area contributed by atoms with Gasteiger partial charge in [0.05, 0.1) is 19.3 Å². The number of carbonyl (C=O) groups excluding carboxylic acids is 1. The Balaban J connectivity index is 1.91. The largest absolute Gasteiger partial charge is 0.460 e. The molecule has 106 valence electrons. The molecular weight excluding hydrogens is 246 g/mol. The van der Waals surface area contributed by atoms with Gasteiger partial charge in [-0.25, -0.2) is 4.79 Å². The summed E-state index contributed by atoms with van der Waals surface area (Å²) in [6.07, 6.45) is 5.18. The van der Waals surface area contributed by atoms with Crippen molar-refractivity contribution in [2.24, 2.45) is 0 Å². The molecule has 2 rings (SSSR count). The number of aromatic nitrogens is 3. The highest BCUT2D eigenvalue weighted by Gasteiger charge is 2.19. The Bertz CT molecular complexity index is 425. The Kier molecular flexibility index (Phi) is 4.90. The van der Waals surface area contributed by atoms with E-state index in [9.17, 15) is 4.79 Å². The highest BCUT2D eigenvalue weighted by Crippen LogP contribution is 2.20. The Morgan fingerprint density at radius 1 is 1.37 bits per heavy atom. The summed E-state index contributed by atoms with van der Waals surface area (Å²) >= 11 is 0. The van der Waals surface area contributed by atoms with Crippen molar-refractivity contribution in [2.45, 2.75) is 52.2 Å². The van der Waals surface area contributed by atoms with Crippen LogP contribution in [0.5, 0.6) is 0 Å². The molecule has 6 nitrogen and oxygen atoms in total. The van der Waals surface area contributed by atoms with Crippen LogP contribution in [0.1, 0.15) is 49.1 Å². The Hall–Kier alpha value is -1.43. The molecule has 0 N–H and O–H groups in total. The first kappa shape index (κ1) is 14.0. The molecule has 0 saturated heterocycles. The zero-order chi connectivity index (χ0) is 13.7. The van der Waals surface area contributed by atoms with Gasteiger partial charge in [-0.1, -0.05) is 12.8 Å².